The van der Waals surface area contributed by atoms with Gasteiger partial charge in [-0.2, -0.15) is 0 Å². The van der Waals surface area contributed by atoms with Crippen LogP contribution in [0.3, 0.4) is 0 Å². The van der Waals surface area contributed by atoms with Crippen molar-refractivity contribution in [2.24, 2.45) is 0 Å². The van der Waals surface area contributed by atoms with Gasteiger partial charge in [0.15, 0.2) is 5.69 Å². The van der Waals surface area contributed by atoms with Gasteiger partial charge in [0.1, 0.15) is 0 Å². The van der Waals surface area contributed by atoms with E-state index in [0.717, 1.165) is 31.5 Å². The number of anilines is 1. The molecule has 3 aromatic rings. The van der Waals surface area contributed by atoms with E-state index in [9.17, 15) is 9.59 Å². The van der Waals surface area contributed by atoms with E-state index in [1.165, 1.54) is 0 Å². The molecule has 1 fully saturated rings. The number of amides is 2. The van der Waals surface area contributed by atoms with Gasteiger partial charge in [-0.1, -0.05) is 23.7 Å². The molecule has 138 valence electrons. The third kappa shape index (κ3) is 3.28. The van der Waals surface area contributed by atoms with Crippen molar-refractivity contribution < 1.29 is 9.59 Å². The Kier molecular flexibility index (Phi) is 4.58. The molecule has 1 aliphatic rings. The lowest BCUT2D eigenvalue weighted by atomic mass is 10.2. The van der Waals surface area contributed by atoms with Crippen molar-refractivity contribution in [2.75, 3.05) is 18.4 Å². The Morgan fingerprint density at radius 3 is 2.67 bits per heavy atom. The molecule has 1 aromatic carbocycles. The first-order valence-corrected chi connectivity index (χ1v) is 9.26. The number of rotatable bonds is 3. The van der Waals surface area contributed by atoms with Gasteiger partial charge in [0.25, 0.3) is 11.8 Å². The second-order valence-corrected chi connectivity index (χ2v) is 7.06. The largest absolute Gasteiger partial charge is 0.337 e. The molecule has 27 heavy (non-hydrogen) atoms. The van der Waals surface area contributed by atoms with Gasteiger partial charge in [-0.25, -0.2) is 4.98 Å². The predicted molar refractivity (Wildman–Crippen MR) is 104 cm³/mol. The lowest BCUT2D eigenvalue weighted by Crippen LogP contribution is -2.28. The molecule has 0 radical (unpaired) electrons. The predicted octanol–water partition coefficient (Wildman–Crippen LogP) is 3.78. The van der Waals surface area contributed by atoms with Crippen LogP contribution in [0.15, 0.2) is 42.6 Å². The van der Waals surface area contributed by atoms with Crippen molar-refractivity contribution in [3.8, 4) is 0 Å². The molecule has 2 amide bonds. The maximum atomic E-state index is 12.8. The summed E-state index contributed by atoms with van der Waals surface area (Å²) >= 11 is 6.13. The monoisotopic (exact) mass is 382 g/mol. The van der Waals surface area contributed by atoms with E-state index < -0.39 is 5.91 Å². The van der Waals surface area contributed by atoms with Crippen LogP contribution < -0.4 is 5.32 Å². The molecule has 0 bridgehead atoms. The quantitative estimate of drug-likeness (QED) is 0.749. The number of hydrogen-bond acceptors (Lipinski definition) is 3. The van der Waals surface area contributed by atoms with Crippen LogP contribution in [0.1, 0.15) is 39.5 Å². The summed E-state index contributed by atoms with van der Waals surface area (Å²) in [6, 6.07) is 10.8. The Balaban J connectivity index is 1.69. The minimum absolute atomic E-state index is 0.131. The third-order valence-electron chi connectivity index (χ3n) is 4.78. The Morgan fingerprint density at radius 1 is 1.15 bits per heavy atom. The van der Waals surface area contributed by atoms with Gasteiger partial charge < -0.3 is 10.2 Å². The number of fused-ring (bicyclic) bond motifs is 1. The van der Waals surface area contributed by atoms with E-state index >= 15 is 0 Å². The maximum absolute atomic E-state index is 12.8. The zero-order valence-electron chi connectivity index (χ0n) is 14.9. The molecule has 6 nitrogen and oxygen atoms in total. The lowest BCUT2D eigenvalue weighted by molar-refractivity contribution is 0.0789. The number of benzene rings is 1. The first-order valence-electron chi connectivity index (χ1n) is 8.88. The summed E-state index contributed by atoms with van der Waals surface area (Å²) in [5.74, 6) is -0.352. The lowest BCUT2D eigenvalue weighted by Gasteiger charge is -2.13. The molecule has 0 spiro atoms. The Morgan fingerprint density at radius 2 is 1.93 bits per heavy atom. The number of nitrogens with one attached hydrogen (secondary N) is 1. The summed E-state index contributed by atoms with van der Waals surface area (Å²) in [7, 11) is 0. The SMILES string of the molecule is Cc1ccc(NC(=O)c2nc(C(=O)N3CCCC3)c3ccccn23)cc1Cl. The van der Waals surface area contributed by atoms with Gasteiger partial charge in [0, 0.05) is 30.0 Å². The van der Waals surface area contributed by atoms with Gasteiger partial charge in [0.05, 0.1) is 5.52 Å². The molecule has 0 saturated carbocycles. The van der Waals surface area contributed by atoms with Gasteiger partial charge in [-0.15, -0.1) is 0 Å². The number of pyridine rings is 1. The minimum Gasteiger partial charge on any atom is -0.337 e. The highest BCUT2D eigenvalue weighted by Gasteiger charge is 2.26. The fourth-order valence-corrected chi connectivity index (χ4v) is 3.46. The standard InChI is InChI=1S/C20H19ClN4O2/c1-13-7-8-14(12-15(13)21)22-19(26)18-23-17(16-6-2-3-11-25(16)18)20(27)24-9-4-5-10-24/h2-3,6-8,11-12H,4-5,9-10H2,1H3,(H,22,26). The second kappa shape index (κ2) is 7.04. The summed E-state index contributed by atoms with van der Waals surface area (Å²) in [6.07, 6.45) is 3.73. The average Bonchev–Trinajstić information content (AvgIpc) is 3.32. The van der Waals surface area contributed by atoms with Gasteiger partial charge in [-0.3, -0.25) is 14.0 Å². The summed E-state index contributed by atoms with van der Waals surface area (Å²) < 4.78 is 1.65. The summed E-state index contributed by atoms with van der Waals surface area (Å²) in [5, 5.41) is 3.38. The van der Waals surface area contributed by atoms with E-state index in [-0.39, 0.29) is 11.7 Å². The van der Waals surface area contributed by atoms with Crippen molar-refractivity contribution in [1.82, 2.24) is 14.3 Å². The van der Waals surface area contributed by atoms with Crippen LogP contribution in [-0.4, -0.2) is 39.2 Å². The smallest absolute Gasteiger partial charge is 0.292 e. The number of halogens is 1. The highest BCUT2D eigenvalue weighted by molar-refractivity contribution is 6.31. The third-order valence-corrected chi connectivity index (χ3v) is 5.18. The molecule has 0 atom stereocenters. The van der Waals surface area contributed by atoms with Crippen LogP contribution in [0.25, 0.3) is 5.52 Å². The Bertz CT molecular complexity index is 1040. The topological polar surface area (TPSA) is 66.7 Å². The number of imidazole rings is 1. The number of carbonyl (C=O) groups excluding carboxylic acids is 2. The van der Waals surface area contributed by atoms with Crippen LogP contribution in [0, 0.1) is 6.92 Å². The molecule has 2 aromatic heterocycles. The van der Waals surface area contributed by atoms with Crippen molar-refractivity contribution in [3.63, 3.8) is 0 Å². The van der Waals surface area contributed by atoms with Crippen LogP contribution in [0.2, 0.25) is 5.02 Å². The zero-order valence-corrected chi connectivity index (χ0v) is 15.7. The van der Waals surface area contributed by atoms with Crippen LogP contribution in [0.5, 0.6) is 0 Å². The number of hydrogen-bond donors (Lipinski definition) is 1. The normalized spacial score (nSPS) is 13.9. The number of aromatic nitrogens is 2. The van der Waals surface area contributed by atoms with E-state index in [1.807, 2.05) is 19.1 Å². The zero-order chi connectivity index (χ0) is 19.0. The fraction of sp³-hybridized carbons (Fsp3) is 0.250. The Labute approximate surface area is 161 Å². The van der Waals surface area contributed by atoms with E-state index in [4.69, 9.17) is 11.6 Å². The van der Waals surface area contributed by atoms with E-state index in [1.54, 1.807) is 39.8 Å². The first-order chi connectivity index (χ1) is 13.0. The average molecular weight is 383 g/mol. The molecule has 4 rings (SSSR count). The second-order valence-electron chi connectivity index (χ2n) is 6.66. The molecule has 1 N–H and O–H groups in total. The molecule has 7 heteroatoms. The van der Waals surface area contributed by atoms with Crippen molar-refractivity contribution in [2.45, 2.75) is 19.8 Å². The van der Waals surface area contributed by atoms with Gasteiger partial charge in [-0.05, 0) is 49.6 Å². The Hall–Kier alpha value is -2.86. The van der Waals surface area contributed by atoms with Gasteiger partial charge in [0.2, 0.25) is 5.82 Å². The van der Waals surface area contributed by atoms with Crippen molar-refractivity contribution in [1.29, 1.82) is 0 Å². The molecular formula is C20H19ClN4O2. The number of carbonyl (C=O) groups is 2. The number of likely N-dealkylation sites (tertiary alicyclic amines) is 1. The van der Waals surface area contributed by atoms with E-state index in [0.29, 0.717) is 21.9 Å². The summed E-state index contributed by atoms with van der Waals surface area (Å²) in [6.45, 7) is 3.36. The van der Waals surface area contributed by atoms with Crippen LogP contribution >= 0.6 is 11.6 Å². The van der Waals surface area contributed by atoms with E-state index in [2.05, 4.69) is 10.3 Å². The van der Waals surface area contributed by atoms with Crippen molar-refractivity contribution in [3.05, 3.63) is 64.7 Å². The van der Waals surface area contributed by atoms with Crippen LogP contribution in [0.4, 0.5) is 5.69 Å². The minimum atomic E-state index is -0.392. The fourth-order valence-electron chi connectivity index (χ4n) is 3.28. The highest BCUT2D eigenvalue weighted by atomic mass is 35.5. The molecule has 1 saturated heterocycles. The molecular weight excluding hydrogens is 364 g/mol. The van der Waals surface area contributed by atoms with Crippen LogP contribution in [-0.2, 0) is 0 Å². The summed E-state index contributed by atoms with van der Waals surface area (Å²) in [4.78, 5) is 31.8. The molecule has 0 unspecified atom stereocenters. The van der Waals surface area contributed by atoms with Crippen molar-refractivity contribution >= 4 is 34.6 Å². The molecule has 0 aliphatic carbocycles. The molecule has 1 aliphatic heterocycles. The molecule has 3 heterocycles. The highest BCUT2D eigenvalue weighted by Crippen LogP contribution is 2.22. The first kappa shape index (κ1) is 17.5. The summed E-state index contributed by atoms with van der Waals surface area (Å²) in [5.41, 5.74) is 2.45. The number of aryl methyl sites for hydroxylation is 1. The number of nitrogens with zero attached hydrogens (tertiary/aromatic N) is 3. The van der Waals surface area contributed by atoms with Gasteiger partial charge >= 0.3 is 0 Å². The maximum Gasteiger partial charge on any atom is 0.292 e.